The number of aryl methyl sites for hydroxylation is 1. The van der Waals surface area contributed by atoms with Crippen LogP contribution < -0.4 is 0 Å². The molecule has 0 aliphatic rings. The van der Waals surface area contributed by atoms with Crippen LogP contribution in [0.5, 0.6) is 0 Å². The minimum Gasteiger partial charge on any atom is -0.298 e. The molecule has 0 fully saturated rings. The van der Waals surface area contributed by atoms with Gasteiger partial charge in [-0.05, 0) is 24.6 Å². The number of hydrogen-bond acceptors (Lipinski definition) is 2. The highest BCUT2D eigenvalue weighted by molar-refractivity contribution is 6.32. The minimum absolute atomic E-state index is 0.319. The summed E-state index contributed by atoms with van der Waals surface area (Å²) in [5, 5.41) is 5.22. The van der Waals surface area contributed by atoms with Gasteiger partial charge < -0.3 is 0 Å². The first-order chi connectivity index (χ1) is 8.17. The second-order valence-corrected chi connectivity index (χ2v) is 4.31. The average molecular weight is 269 g/mol. The summed E-state index contributed by atoms with van der Waals surface area (Å²) in [5.74, 6) is 0. The van der Waals surface area contributed by atoms with Gasteiger partial charge in [0.15, 0.2) is 6.29 Å². The number of halogens is 2. The van der Waals surface area contributed by atoms with E-state index in [9.17, 15) is 4.79 Å². The number of nitrogens with zero attached hydrogens (tertiary/aromatic N) is 2. The van der Waals surface area contributed by atoms with Crippen molar-refractivity contribution in [2.24, 2.45) is 0 Å². The van der Waals surface area contributed by atoms with Crippen LogP contribution in [0.4, 0.5) is 0 Å². The van der Waals surface area contributed by atoms with Gasteiger partial charge >= 0.3 is 0 Å². The Balaban J connectivity index is 2.60. The Morgan fingerprint density at radius 2 is 2.18 bits per heavy atom. The molecule has 0 aliphatic carbocycles. The molecule has 0 spiro atoms. The predicted molar refractivity (Wildman–Crippen MR) is 68.3 cm³/mol. The zero-order valence-electron chi connectivity index (χ0n) is 9.15. The van der Waals surface area contributed by atoms with Crippen molar-refractivity contribution in [1.82, 2.24) is 9.78 Å². The highest BCUT2D eigenvalue weighted by Gasteiger charge is 2.15. The summed E-state index contributed by atoms with van der Waals surface area (Å²) in [7, 11) is 0. The molecule has 0 saturated heterocycles. The molecule has 3 nitrogen and oxygen atoms in total. The first kappa shape index (κ1) is 12.1. The lowest BCUT2D eigenvalue weighted by atomic mass is 10.2. The number of rotatable bonds is 3. The Kier molecular flexibility index (Phi) is 3.50. The molecule has 0 amide bonds. The van der Waals surface area contributed by atoms with E-state index in [1.807, 2.05) is 19.1 Å². The zero-order valence-corrected chi connectivity index (χ0v) is 10.7. The van der Waals surface area contributed by atoms with Crippen LogP contribution in [0.1, 0.15) is 23.0 Å². The molecule has 0 aliphatic heterocycles. The fraction of sp³-hybridized carbons (Fsp3) is 0.167. The average Bonchev–Trinajstić information content (AvgIpc) is 2.65. The molecule has 1 aromatic carbocycles. The topological polar surface area (TPSA) is 34.9 Å². The first-order valence-electron chi connectivity index (χ1n) is 5.16. The van der Waals surface area contributed by atoms with Gasteiger partial charge in [0.05, 0.1) is 16.9 Å². The summed E-state index contributed by atoms with van der Waals surface area (Å²) in [6.07, 6.45) is 1.39. The van der Waals surface area contributed by atoms with Crippen LogP contribution in [0.15, 0.2) is 24.3 Å². The van der Waals surface area contributed by atoms with Crippen molar-refractivity contribution >= 4 is 29.5 Å². The van der Waals surface area contributed by atoms with Crippen LogP contribution in [0, 0.1) is 0 Å². The fourth-order valence-corrected chi connectivity index (χ4v) is 2.08. The molecule has 1 aromatic heterocycles. The molecule has 17 heavy (non-hydrogen) atoms. The van der Waals surface area contributed by atoms with Gasteiger partial charge in [0, 0.05) is 5.02 Å². The molecular weight excluding hydrogens is 259 g/mol. The summed E-state index contributed by atoms with van der Waals surface area (Å²) in [4.78, 5) is 11.0. The van der Waals surface area contributed by atoms with E-state index in [-0.39, 0.29) is 0 Å². The maximum Gasteiger partial charge on any atom is 0.155 e. The summed E-state index contributed by atoms with van der Waals surface area (Å²) < 4.78 is 1.52. The lowest BCUT2D eigenvalue weighted by molar-refractivity contribution is 0.112. The molecule has 5 heteroatoms. The smallest absolute Gasteiger partial charge is 0.155 e. The van der Waals surface area contributed by atoms with Crippen LogP contribution in [0.25, 0.3) is 5.69 Å². The van der Waals surface area contributed by atoms with Gasteiger partial charge in [0.25, 0.3) is 0 Å². The summed E-state index contributed by atoms with van der Waals surface area (Å²) in [5.41, 5.74) is 1.87. The molecule has 2 rings (SSSR count). The second kappa shape index (κ2) is 4.90. The van der Waals surface area contributed by atoms with E-state index in [1.165, 1.54) is 4.68 Å². The van der Waals surface area contributed by atoms with Gasteiger partial charge in [0.2, 0.25) is 0 Å². The highest BCUT2D eigenvalue weighted by Crippen LogP contribution is 2.24. The van der Waals surface area contributed by atoms with Gasteiger partial charge in [-0.1, -0.05) is 36.2 Å². The Morgan fingerprint density at radius 1 is 1.41 bits per heavy atom. The number of carbonyl (C=O) groups excluding carboxylic acids is 1. The largest absolute Gasteiger partial charge is 0.298 e. The lowest BCUT2D eigenvalue weighted by Gasteiger charge is -2.02. The molecular formula is C12H10Cl2N2O. The van der Waals surface area contributed by atoms with Crippen molar-refractivity contribution in [2.45, 2.75) is 13.3 Å². The zero-order chi connectivity index (χ0) is 12.4. The number of benzene rings is 1. The van der Waals surface area contributed by atoms with Crippen LogP contribution in [0.3, 0.4) is 0 Å². The SMILES string of the molecule is CCc1nn(-c2cccc(Cl)c2)c(Cl)c1C=O. The molecule has 0 bridgehead atoms. The normalized spacial score (nSPS) is 10.5. The van der Waals surface area contributed by atoms with E-state index in [0.717, 1.165) is 12.0 Å². The molecule has 0 atom stereocenters. The number of carbonyl (C=O) groups is 1. The van der Waals surface area contributed by atoms with E-state index in [2.05, 4.69) is 5.10 Å². The van der Waals surface area contributed by atoms with Gasteiger partial charge in [-0.2, -0.15) is 5.10 Å². The molecule has 0 unspecified atom stereocenters. The highest BCUT2D eigenvalue weighted by atomic mass is 35.5. The van der Waals surface area contributed by atoms with Crippen LogP contribution in [-0.4, -0.2) is 16.1 Å². The molecule has 1 heterocycles. The van der Waals surface area contributed by atoms with Crippen molar-refractivity contribution in [3.63, 3.8) is 0 Å². The van der Waals surface area contributed by atoms with Crippen molar-refractivity contribution in [3.8, 4) is 5.69 Å². The molecule has 2 aromatic rings. The van der Waals surface area contributed by atoms with E-state index in [4.69, 9.17) is 23.2 Å². The van der Waals surface area contributed by atoms with E-state index < -0.39 is 0 Å². The number of aromatic nitrogens is 2. The second-order valence-electron chi connectivity index (χ2n) is 3.51. The maximum atomic E-state index is 11.0. The van der Waals surface area contributed by atoms with E-state index in [1.54, 1.807) is 12.1 Å². The summed E-state index contributed by atoms with van der Waals surface area (Å²) >= 11 is 12.0. The first-order valence-corrected chi connectivity index (χ1v) is 5.91. The molecule has 0 N–H and O–H groups in total. The lowest BCUT2D eigenvalue weighted by Crippen LogP contribution is -1.96. The monoisotopic (exact) mass is 268 g/mol. The summed E-state index contributed by atoms with van der Waals surface area (Å²) in [6, 6.07) is 7.15. The van der Waals surface area contributed by atoms with E-state index in [0.29, 0.717) is 27.9 Å². The number of aldehydes is 1. The molecule has 0 radical (unpaired) electrons. The van der Waals surface area contributed by atoms with Gasteiger partial charge in [-0.15, -0.1) is 0 Å². The maximum absolute atomic E-state index is 11.0. The minimum atomic E-state index is 0.319. The Labute approximate surface area is 109 Å². The van der Waals surface area contributed by atoms with Crippen LogP contribution >= 0.6 is 23.2 Å². The van der Waals surface area contributed by atoms with Gasteiger partial charge in [0.1, 0.15) is 5.15 Å². The van der Waals surface area contributed by atoms with Crippen molar-refractivity contribution < 1.29 is 4.79 Å². The number of hydrogen-bond donors (Lipinski definition) is 0. The van der Waals surface area contributed by atoms with E-state index >= 15 is 0 Å². The summed E-state index contributed by atoms with van der Waals surface area (Å²) in [6.45, 7) is 1.92. The molecule has 88 valence electrons. The van der Waals surface area contributed by atoms with Crippen molar-refractivity contribution in [2.75, 3.05) is 0 Å². The van der Waals surface area contributed by atoms with Crippen molar-refractivity contribution in [1.29, 1.82) is 0 Å². The fourth-order valence-electron chi connectivity index (χ4n) is 1.61. The predicted octanol–water partition coefficient (Wildman–Crippen LogP) is 3.55. The van der Waals surface area contributed by atoms with Crippen molar-refractivity contribution in [3.05, 3.63) is 45.7 Å². The quantitative estimate of drug-likeness (QED) is 0.798. The Morgan fingerprint density at radius 3 is 2.71 bits per heavy atom. The molecule has 0 saturated carbocycles. The van der Waals surface area contributed by atoms with Crippen LogP contribution in [0.2, 0.25) is 10.2 Å². The third-order valence-corrected chi connectivity index (χ3v) is 3.04. The van der Waals surface area contributed by atoms with Gasteiger partial charge in [-0.3, -0.25) is 4.79 Å². The van der Waals surface area contributed by atoms with Gasteiger partial charge in [-0.25, -0.2) is 4.68 Å². The Hall–Kier alpha value is -1.32. The van der Waals surface area contributed by atoms with Crippen LogP contribution in [-0.2, 0) is 6.42 Å². The standard InChI is InChI=1S/C12H10Cl2N2O/c1-2-11-10(7-17)12(14)16(15-11)9-5-3-4-8(13)6-9/h3-7H,2H2,1H3. The Bertz CT molecular complexity index is 564. The third kappa shape index (κ3) is 2.21. The third-order valence-electron chi connectivity index (χ3n) is 2.45.